The molecule has 4 rings (SSSR count). The summed E-state index contributed by atoms with van der Waals surface area (Å²) >= 11 is 2.36. The van der Waals surface area contributed by atoms with Crippen LogP contribution in [0.5, 0.6) is 0 Å². The van der Waals surface area contributed by atoms with Crippen molar-refractivity contribution in [2.24, 2.45) is 5.73 Å². The van der Waals surface area contributed by atoms with Gasteiger partial charge < -0.3 is 25.5 Å². The van der Waals surface area contributed by atoms with Crippen LogP contribution in [0.25, 0.3) is 0 Å². The fourth-order valence-electron chi connectivity index (χ4n) is 3.56. The molecular formula is C22H21N3O6S2. The average molecular weight is 488 g/mol. The van der Waals surface area contributed by atoms with Gasteiger partial charge in [0.2, 0.25) is 0 Å². The van der Waals surface area contributed by atoms with Crippen LogP contribution in [0.2, 0.25) is 0 Å². The second-order valence-corrected chi connectivity index (χ2v) is 9.67. The number of nitrogens with two attached hydrogens (primary N) is 1. The Hall–Kier alpha value is -3.44. The van der Waals surface area contributed by atoms with E-state index in [2.05, 4.69) is 10.6 Å². The summed E-state index contributed by atoms with van der Waals surface area (Å²) < 4.78 is 10.4. The molecule has 0 aromatic carbocycles. The third-order valence-electron chi connectivity index (χ3n) is 5.14. The summed E-state index contributed by atoms with van der Waals surface area (Å²) in [5.41, 5.74) is 7.35. The predicted molar refractivity (Wildman–Crippen MR) is 124 cm³/mol. The Bertz CT molecular complexity index is 1240. The number of furan rings is 1. The standard InChI is InChI=1S/C22H21N3O6S2/c1-10-9-15(24-20(28)13-6-4-8-30-13)33-17(10)22(29)31-11(2)19(27)25-21-16(18(23)26)12-5-3-7-14(12)32-21/h4,6,8-9,11H,3,5,7H2,1-2H3,(H2,23,26)(H,24,28)(H,25,27). The molecule has 0 radical (unpaired) electrons. The normalized spacial score (nSPS) is 13.3. The first-order chi connectivity index (χ1) is 15.7. The van der Waals surface area contributed by atoms with Crippen molar-refractivity contribution >= 4 is 56.4 Å². The van der Waals surface area contributed by atoms with Crippen LogP contribution < -0.4 is 16.4 Å². The van der Waals surface area contributed by atoms with Crippen molar-refractivity contribution in [3.8, 4) is 0 Å². The van der Waals surface area contributed by atoms with E-state index in [4.69, 9.17) is 14.9 Å². The molecule has 0 bridgehead atoms. The molecule has 0 saturated heterocycles. The lowest BCUT2D eigenvalue weighted by molar-refractivity contribution is -0.123. The van der Waals surface area contributed by atoms with Crippen molar-refractivity contribution in [3.63, 3.8) is 0 Å². The molecule has 3 aromatic heterocycles. The molecule has 3 aromatic rings. The Morgan fingerprint density at radius 3 is 2.67 bits per heavy atom. The highest BCUT2D eigenvalue weighted by atomic mass is 32.1. The topological polar surface area (TPSA) is 141 Å². The zero-order valence-corrected chi connectivity index (χ0v) is 19.5. The van der Waals surface area contributed by atoms with Gasteiger partial charge in [0, 0.05) is 4.88 Å². The van der Waals surface area contributed by atoms with Crippen LogP contribution >= 0.6 is 22.7 Å². The molecule has 9 nitrogen and oxygen atoms in total. The quantitative estimate of drug-likeness (QED) is 0.434. The molecule has 172 valence electrons. The highest BCUT2D eigenvalue weighted by Gasteiger charge is 2.28. The molecule has 0 saturated carbocycles. The number of hydrogen-bond acceptors (Lipinski definition) is 8. The minimum Gasteiger partial charge on any atom is -0.459 e. The van der Waals surface area contributed by atoms with Crippen LogP contribution in [0, 0.1) is 6.92 Å². The van der Waals surface area contributed by atoms with Crippen molar-refractivity contribution in [3.05, 3.63) is 56.7 Å². The molecule has 0 aliphatic heterocycles. The number of nitrogens with one attached hydrogen (secondary N) is 2. The molecule has 3 amide bonds. The number of hydrogen-bond donors (Lipinski definition) is 3. The minimum absolute atomic E-state index is 0.144. The molecule has 4 N–H and O–H groups in total. The highest BCUT2D eigenvalue weighted by molar-refractivity contribution is 7.18. The molecule has 33 heavy (non-hydrogen) atoms. The Balaban J connectivity index is 1.41. The number of carbonyl (C=O) groups is 4. The van der Waals surface area contributed by atoms with Gasteiger partial charge in [-0.15, -0.1) is 22.7 Å². The fourth-order valence-corrected chi connectivity index (χ4v) is 5.81. The Labute approximate surface area is 196 Å². The van der Waals surface area contributed by atoms with E-state index in [1.54, 1.807) is 19.1 Å². The Morgan fingerprint density at radius 1 is 1.18 bits per heavy atom. The van der Waals surface area contributed by atoms with E-state index in [1.807, 2.05) is 0 Å². The number of thiophene rings is 2. The first-order valence-electron chi connectivity index (χ1n) is 10.2. The zero-order chi connectivity index (χ0) is 23.7. The maximum atomic E-state index is 12.7. The van der Waals surface area contributed by atoms with E-state index in [0.717, 1.165) is 41.0 Å². The van der Waals surface area contributed by atoms with E-state index in [1.165, 1.54) is 30.6 Å². The van der Waals surface area contributed by atoms with Crippen molar-refractivity contribution in [2.75, 3.05) is 10.6 Å². The predicted octanol–water partition coefficient (Wildman–Crippen LogP) is 3.73. The van der Waals surface area contributed by atoms with Gasteiger partial charge in [-0.3, -0.25) is 14.4 Å². The van der Waals surface area contributed by atoms with Crippen molar-refractivity contribution in [1.29, 1.82) is 0 Å². The average Bonchev–Trinajstić information content (AvgIpc) is 3.51. The highest BCUT2D eigenvalue weighted by Crippen LogP contribution is 2.39. The first-order valence-corrected chi connectivity index (χ1v) is 11.8. The smallest absolute Gasteiger partial charge is 0.349 e. The maximum absolute atomic E-state index is 12.7. The number of esters is 1. The largest absolute Gasteiger partial charge is 0.459 e. The van der Waals surface area contributed by atoms with Crippen LogP contribution in [-0.4, -0.2) is 29.8 Å². The Kier molecular flexibility index (Phi) is 6.34. The molecule has 1 aliphatic carbocycles. The number of carbonyl (C=O) groups excluding carboxylic acids is 4. The van der Waals surface area contributed by atoms with Crippen molar-refractivity contribution < 1.29 is 28.3 Å². The minimum atomic E-state index is -1.11. The summed E-state index contributed by atoms with van der Waals surface area (Å²) in [4.78, 5) is 50.6. The number of rotatable bonds is 7. The van der Waals surface area contributed by atoms with Gasteiger partial charge in [-0.05, 0) is 62.4 Å². The lowest BCUT2D eigenvalue weighted by atomic mass is 10.1. The fraction of sp³-hybridized carbons (Fsp3) is 0.273. The van der Waals surface area contributed by atoms with Crippen LogP contribution in [0.3, 0.4) is 0 Å². The summed E-state index contributed by atoms with van der Waals surface area (Å²) in [7, 11) is 0. The summed E-state index contributed by atoms with van der Waals surface area (Å²) in [5, 5.41) is 6.16. The van der Waals surface area contributed by atoms with Gasteiger partial charge in [0.1, 0.15) is 9.88 Å². The van der Waals surface area contributed by atoms with Crippen molar-refractivity contribution in [2.45, 2.75) is 39.2 Å². The van der Waals surface area contributed by atoms with Crippen LogP contribution in [0.4, 0.5) is 10.0 Å². The molecule has 3 heterocycles. The van der Waals surface area contributed by atoms with Gasteiger partial charge >= 0.3 is 5.97 Å². The van der Waals surface area contributed by atoms with E-state index in [0.29, 0.717) is 21.1 Å². The zero-order valence-electron chi connectivity index (χ0n) is 17.9. The second-order valence-electron chi connectivity index (χ2n) is 7.52. The number of aryl methyl sites for hydroxylation is 2. The van der Waals surface area contributed by atoms with Crippen LogP contribution in [-0.2, 0) is 22.4 Å². The molecule has 1 unspecified atom stereocenters. The van der Waals surface area contributed by atoms with E-state index >= 15 is 0 Å². The lowest BCUT2D eigenvalue weighted by Gasteiger charge is -2.13. The third-order valence-corrected chi connectivity index (χ3v) is 7.48. The molecule has 0 fully saturated rings. The van der Waals surface area contributed by atoms with Gasteiger partial charge in [0.05, 0.1) is 16.8 Å². The number of fused-ring (bicyclic) bond motifs is 1. The van der Waals surface area contributed by atoms with Gasteiger partial charge in [-0.1, -0.05) is 0 Å². The number of ether oxygens (including phenoxy) is 1. The third kappa shape index (κ3) is 4.69. The second kappa shape index (κ2) is 9.20. The van der Waals surface area contributed by atoms with E-state index < -0.39 is 29.8 Å². The van der Waals surface area contributed by atoms with Crippen molar-refractivity contribution in [1.82, 2.24) is 0 Å². The Morgan fingerprint density at radius 2 is 1.97 bits per heavy atom. The lowest BCUT2D eigenvalue weighted by Crippen LogP contribution is -2.30. The molecule has 1 atom stereocenters. The number of amides is 3. The van der Waals surface area contributed by atoms with Gasteiger partial charge in [-0.2, -0.15) is 0 Å². The van der Waals surface area contributed by atoms with E-state index in [-0.39, 0.29) is 10.6 Å². The maximum Gasteiger partial charge on any atom is 0.349 e. The van der Waals surface area contributed by atoms with Crippen LogP contribution in [0.1, 0.15) is 59.9 Å². The molecule has 1 aliphatic rings. The van der Waals surface area contributed by atoms with Crippen LogP contribution in [0.15, 0.2) is 28.9 Å². The van der Waals surface area contributed by atoms with Gasteiger partial charge in [0.25, 0.3) is 17.7 Å². The van der Waals surface area contributed by atoms with Gasteiger partial charge in [-0.25, -0.2) is 4.79 Å². The SMILES string of the molecule is Cc1cc(NC(=O)c2ccco2)sc1C(=O)OC(C)C(=O)Nc1sc2c(c1C(N)=O)CCC2. The number of primary amides is 1. The van der Waals surface area contributed by atoms with Gasteiger partial charge in [0.15, 0.2) is 11.9 Å². The summed E-state index contributed by atoms with van der Waals surface area (Å²) in [5.74, 6) is -2.14. The van der Waals surface area contributed by atoms with E-state index in [9.17, 15) is 19.2 Å². The molecule has 11 heteroatoms. The molecule has 0 spiro atoms. The summed E-state index contributed by atoms with van der Waals surface area (Å²) in [6.07, 6.45) is 2.82. The summed E-state index contributed by atoms with van der Waals surface area (Å²) in [6.45, 7) is 3.15. The molecular weight excluding hydrogens is 466 g/mol. The summed E-state index contributed by atoms with van der Waals surface area (Å²) in [6, 6.07) is 4.76. The monoisotopic (exact) mass is 487 g/mol. The first kappa shape index (κ1) is 22.7. The number of anilines is 2.